The van der Waals surface area contributed by atoms with E-state index < -0.39 is 12.0 Å². The number of hydrogen-bond donors (Lipinski definition) is 2. The highest BCUT2D eigenvalue weighted by Crippen LogP contribution is 2.02. The monoisotopic (exact) mass is 246 g/mol. The molecule has 0 aliphatic heterocycles. The van der Waals surface area contributed by atoms with Crippen LogP contribution in [0.4, 0.5) is 0 Å². The molecule has 0 aromatic rings. The molecule has 5 nitrogen and oxygen atoms in total. The lowest BCUT2D eigenvalue weighted by molar-refractivity contribution is -0.144. The Hall–Kier alpha value is -1.01. The van der Waals surface area contributed by atoms with Gasteiger partial charge in [0.05, 0.1) is 6.04 Å². The van der Waals surface area contributed by atoms with Gasteiger partial charge in [0, 0.05) is 6.54 Å². The Morgan fingerprint density at radius 1 is 1.62 bits per heavy atom. The standard InChI is InChI=1S/C10H18N2O3S/c1-3-5-12(7-9(13)14)10(15)8(11)4-6-16-2/h3,8H,1,4-7,11H2,2H3,(H,13,14)/t8-/m0/s1. The minimum atomic E-state index is -1.05. The first kappa shape index (κ1) is 15.0. The minimum Gasteiger partial charge on any atom is -0.480 e. The molecular formula is C10H18N2O3S. The summed E-state index contributed by atoms with van der Waals surface area (Å²) in [7, 11) is 0. The summed E-state index contributed by atoms with van der Waals surface area (Å²) in [5.41, 5.74) is 5.68. The van der Waals surface area contributed by atoms with E-state index in [1.54, 1.807) is 11.8 Å². The second-order valence-corrected chi connectivity index (χ2v) is 4.27. The van der Waals surface area contributed by atoms with E-state index in [1.165, 1.54) is 11.0 Å². The van der Waals surface area contributed by atoms with Gasteiger partial charge in [0.1, 0.15) is 6.54 Å². The van der Waals surface area contributed by atoms with Gasteiger partial charge in [-0.15, -0.1) is 6.58 Å². The summed E-state index contributed by atoms with van der Waals surface area (Å²) in [5, 5.41) is 8.64. The lowest BCUT2D eigenvalue weighted by atomic mass is 10.2. The average Bonchev–Trinajstić information content (AvgIpc) is 2.23. The number of carbonyl (C=O) groups excluding carboxylic acids is 1. The van der Waals surface area contributed by atoms with Crippen LogP contribution in [-0.2, 0) is 9.59 Å². The second-order valence-electron chi connectivity index (χ2n) is 3.29. The van der Waals surface area contributed by atoms with E-state index in [-0.39, 0.29) is 19.0 Å². The van der Waals surface area contributed by atoms with Gasteiger partial charge in [0.15, 0.2) is 0 Å². The number of nitrogens with two attached hydrogens (primary N) is 1. The highest BCUT2D eigenvalue weighted by molar-refractivity contribution is 7.98. The molecule has 16 heavy (non-hydrogen) atoms. The number of amides is 1. The van der Waals surface area contributed by atoms with E-state index in [4.69, 9.17) is 10.8 Å². The number of nitrogens with zero attached hydrogens (tertiary/aromatic N) is 1. The molecule has 0 saturated carbocycles. The number of carboxylic acids is 1. The summed E-state index contributed by atoms with van der Waals surface area (Å²) in [4.78, 5) is 23.5. The summed E-state index contributed by atoms with van der Waals surface area (Å²) < 4.78 is 0. The fourth-order valence-corrected chi connectivity index (χ4v) is 1.64. The summed E-state index contributed by atoms with van der Waals surface area (Å²) in [6, 6.07) is -0.633. The molecule has 0 spiro atoms. The van der Waals surface area contributed by atoms with Gasteiger partial charge in [-0.05, 0) is 18.4 Å². The fraction of sp³-hybridized carbons (Fsp3) is 0.600. The van der Waals surface area contributed by atoms with Gasteiger partial charge in [-0.2, -0.15) is 11.8 Å². The van der Waals surface area contributed by atoms with Crippen molar-refractivity contribution in [3.05, 3.63) is 12.7 Å². The van der Waals surface area contributed by atoms with Crippen molar-refractivity contribution >= 4 is 23.6 Å². The molecule has 0 aromatic carbocycles. The first-order chi connectivity index (χ1) is 7.52. The number of aliphatic carboxylic acids is 1. The molecule has 0 heterocycles. The Morgan fingerprint density at radius 3 is 2.69 bits per heavy atom. The van der Waals surface area contributed by atoms with Gasteiger partial charge in [-0.3, -0.25) is 9.59 Å². The van der Waals surface area contributed by atoms with Gasteiger partial charge in [0.2, 0.25) is 5.91 Å². The third kappa shape index (κ3) is 5.77. The van der Waals surface area contributed by atoms with Crippen molar-refractivity contribution in [1.82, 2.24) is 4.90 Å². The predicted molar refractivity (Wildman–Crippen MR) is 65.4 cm³/mol. The van der Waals surface area contributed by atoms with E-state index in [9.17, 15) is 9.59 Å². The molecule has 0 unspecified atom stereocenters. The molecule has 1 atom stereocenters. The number of rotatable bonds is 8. The Morgan fingerprint density at radius 2 is 2.25 bits per heavy atom. The molecule has 0 bridgehead atoms. The summed E-state index contributed by atoms with van der Waals surface area (Å²) in [6.45, 7) is 3.35. The lowest BCUT2D eigenvalue weighted by Crippen LogP contribution is -2.46. The van der Waals surface area contributed by atoms with Crippen LogP contribution in [0.2, 0.25) is 0 Å². The van der Waals surface area contributed by atoms with Gasteiger partial charge < -0.3 is 15.7 Å². The summed E-state index contributed by atoms with van der Waals surface area (Å²) in [5.74, 6) is -0.606. The average molecular weight is 246 g/mol. The maximum Gasteiger partial charge on any atom is 0.323 e. The topological polar surface area (TPSA) is 83.6 Å². The smallest absolute Gasteiger partial charge is 0.323 e. The van der Waals surface area contributed by atoms with Crippen LogP contribution >= 0.6 is 11.8 Å². The van der Waals surface area contributed by atoms with Crippen LogP contribution in [0.25, 0.3) is 0 Å². The molecule has 0 saturated heterocycles. The largest absolute Gasteiger partial charge is 0.480 e. The lowest BCUT2D eigenvalue weighted by Gasteiger charge is -2.22. The van der Waals surface area contributed by atoms with E-state index in [0.717, 1.165) is 5.75 Å². The Kier molecular flexibility index (Phi) is 7.66. The van der Waals surface area contributed by atoms with Crippen molar-refractivity contribution in [3.8, 4) is 0 Å². The van der Waals surface area contributed by atoms with Crippen LogP contribution < -0.4 is 5.73 Å². The van der Waals surface area contributed by atoms with Crippen LogP contribution in [0, 0.1) is 0 Å². The molecule has 0 fully saturated rings. The Bertz CT molecular complexity index is 258. The third-order valence-electron chi connectivity index (χ3n) is 1.94. The first-order valence-corrected chi connectivity index (χ1v) is 6.28. The molecule has 0 aliphatic rings. The van der Waals surface area contributed by atoms with Crippen molar-refractivity contribution in [3.63, 3.8) is 0 Å². The van der Waals surface area contributed by atoms with Gasteiger partial charge in [-0.25, -0.2) is 0 Å². The summed E-state index contributed by atoms with van der Waals surface area (Å²) in [6.07, 6.45) is 3.96. The SMILES string of the molecule is C=CCN(CC(=O)O)C(=O)[C@@H](N)CCSC. The van der Waals surface area contributed by atoms with E-state index in [0.29, 0.717) is 6.42 Å². The van der Waals surface area contributed by atoms with Crippen LogP contribution in [0.15, 0.2) is 12.7 Å². The number of thioether (sulfide) groups is 1. The van der Waals surface area contributed by atoms with Crippen molar-refractivity contribution in [2.45, 2.75) is 12.5 Å². The first-order valence-electron chi connectivity index (χ1n) is 4.89. The zero-order chi connectivity index (χ0) is 12.6. The number of carbonyl (C=O) groups is 2. The molecule has 0 radical (unpaired) electrons. The maximum absolute atomic E-state index is 11.8. The predicted octanol–water partition coefficient (Wildman–Crippen LogP) is 0.166. The Labute approximate surface area is 99.7 Å². The number of hydrogen-bond acceptors (Lipinski definition) is 4. The summed E-state index contributed by atoms with van der Waals surface area (Å²) >= 11 is 1.60. The zero-order valence-corrected chi connectivity index (χ0v) is 10.2. The quantitative estimate of drug-likeness (QED) is 0.596. The number of carboxylic acid groups (broad SMARTS) is 1. The van der Waals surface area contributed by atoms with E-state index in [2.05, 4.69) is 6.58 Å². The highest BCUT2D eigenvalue weighted by atomic mass is 32.2. The van der Waals surface area contributed by atoms with Crippen LogP contribution in [0.5, 0.6) is 0 Å². The Balaban J connectivity index is 4.34. The molecule has 3 N–H and O–H groups in total. The van der Waals surface area contributed by atoms with Crippen LogP contribution in [0.3, 0.4) is 0 Å². The van der Waals surface area contributed by atoms with Gasteiger partial charge >= 0.3 is 5.97 Å². The molecular weight excluding hydrogens is 228 g/mol. The van der Waals surface area contributed by atoms with Gasteiger partial charge in [0.25, 0.3) is 0 Å². The van der Waals surface area contributed by atoms with Crippen LogP contribution in [-0.4, -0.2) is 53.0 Å². The molecule has 6 heteroatoms. The maximum atomic E-state index is 11.8. The van der Waals surface area contributed by atoms with Crippen molar-refractivity contribution < 1.29 is 14.7 Å². The molecule has 0 aromatic heterocycles. The zero-order valence-electron chi connectivity index (χ0n) is 9.39. The van der Waals surface area contributed by atoms with E-state index in [1.807, 2.05) is 6.26 Å². The molecule has 92 valence electrons. The van der Waals surface area contributed by atoms with Crippen molar-refractivity contribution in [2.24, 2.45) is 5.73 Å². The molecule has 0 rings (SSSR count). The second kappa shape index (κ2) is 8.18. The van der Waals surface area contributed by atoms with Crippen molar-refractivity contribution in [2.75, 3.05) is 25.1 Å². The highest BCUT2D eigenvalue weighted by Gasteiger charge is 2.21. The fourth-order valence-electron chi connectivity index (χ4n) is 1.15. The van der Waals surface area contributed by atoms with Crippen LogP contribution in [0.1, 0.15) is 6.42 Å². The normalized spacial score (nSPS) is 11.9. The minimum absolute atomic E-state index is 0.206. The van der Waals surface area contributed by atoms with E-state index >= 15 is 0 Å². The van der Waals surface area contributed by atoms with Gasteiger partial charge in [-0.1, -0.05) is 6.08 Å². The van der Waals surface area contributed by atoms with Crippen molar-refractivity contribution in [1.29, 1.82) is 0 Å². The molecule has 0 aliphatic carbocycles. The third-order valence-corrected chi connectivity index (χ3v) is 2.58. The molecule has 1 amide bonds.